The number of nitrogens with two attached hydrogens (primary N) is 1. The summed E-state index contributed by atoms with van der Waals surface area (Å²) < 4.78 is 19.8. The molecule has 4 heterocycles. The number of nitrogens with zero attached hydrogens (tertiary/aromatic N) is 5. The lowest BCUT2D eigenvalue weighted by atomic mass is 9.93. The minimum atomic E-state index is -0.602. The van der Waals surface area contributed by atoms with Gasteiger partial charge in [-0.25, -0.2) is 14.4 Å². The minimum absolute atomic E-state index is 0.0571. The third-order valence-corrected chi connectivity index (χ3v) is 6.18. The highest BCUT2D eigenvalue weighted by molar-refractivity contribution is 5.91. The van der Waals surface area contributed by atoms with E-state index in [9.17, 15) is 14.0 Å². The molecule has 4 rings (SSSR count). The normalized spacial score (nSPS) is 20.1. The van der Waals surface area contributed by atoms with Crippen LogP contribution in [0.5, 0.6) is 0 Å². The lowest BCUT2D eigenvalue weighted by Crippen LogP contribution is -2.44. The standard InChI is InChI=1S/C22H27FN6O3/c1-14-17(23)10-16(12-25-14)19-4-8-32-9-7-29(19)22(31)15-2-5-28(6-3-15)20-11-18(21(24)30)26-13-27-20/h10-13,15,19H,2-9H2,1H3,(H2,24,30)/t19-/m0/s1. The summed E-state index contributed by atoms with van der Waals surface area (Å²) >= 11 is 0. The molecule has 32 heavy (non-hydrogen) atoms. The van der Waals surface area contributed by atoms with Crippen LogP contribution >= 0.6 is 0 Å². The number of halogens is 1. The molecule has 2 aliphatic rings. The van der Waals surface area contributed by atoms with E-state index in [1.54, 1.807) is 19.2 Å². The van der Waals surface area contributed by atoms with Crippen LogP contribution in [0.15, 0.2) is 24.7 Å². The van der Waals surface area contributed by atoms with Gasteiger partial charge >= 0.3 is 0 Å². The zero-order valence-electron chi connectivity index (χ0n) is 18.0. The largest absolute Gasteiger partial charge is 0.380 e. The molecule has 2 saturated heterocycles. The average molecular weight is 442 g/mol. The van der Waals surface area contributed by atoms with Crippen molar-refractivity contribution in [2.24, 2.45) is 11.7 Å². The van der Waals surface area contributed by atoms with Crippen molar-refractivity contribution in [2.75, 3.05) is 37.7 Å². The van der Waals surface area contributed by atoms with Crippen LogP contribution in [-0.4, -0.2) is 64.5 Å². The Morgan fingerprint density at radius 2 is 1.88 bits per heavy atom. The Morgan fingerprint density at radius 1 is 1.09 bits per heavy atom. The van der Waals surface area contributed by atoms with Crippen LogP contribution in [0.2, 0.25) is 0 Å². The van der Waals surface area contributed by atoms with E-state index >= 15 is 0 Å². The Labute approximate surface area is 185 Å². The molecule has 2 aromatic heterocycles. The summed E-state index contributed by atoms with van der Waals surface area (Å²) in [7, 11) is 0. The number of ether oxygens (including phenoxy) is 1. The van der Waals surface area contributed by atoms with Crippen molar-refractivity contribution in [3.63, 3.8) is 0 Å². The number of anilines is 1. The van der Waals surface area contributed by atoms with E-state index in [2.05, 4.69) is 15.0 Å². The topological polar surface area (TPSA) is 115 Å². The predicted molar refractivity (Wildman–Crippen MR) is 114 cm³/mol. The number of aromatic nitrogens is 3. The molecule has 0 aliphatic carbocycles. The van der Waals surface area contributed by atoms with Gasteiger partial charge in [-0.15, -0.1) is 0 Å². The van der Waals surface area contributed by atoms with Crippen LogP contribution in [0.4, 0.5) is 10.2 Å². The third-order valence-electron chi connectivity index (χ3n) is 6.18. The van der Waals surface area contributed by atoms with E-state index in [0.717, 1.165) is 0 Å². The van der Waals surface area contributed by atoms with E-state index in [0.29, 0.717) is 69.2 Å². The van der Waals surface area contributed by atoms with Gasteiger partial charge in [0.25, 0.3) is 5.91 Å². The summed E-state index contributed by atoms with van der Waals surface area (Å²) in [6.07, 6.45) is 4.89. The van der Waals surface area contributed by atoms with Crippen LogP contribution < -0.4 is 10.6 Å². The van der Waals surface area contributed by atoms with E-state index in [-0.39, 0.29) is 29.4 Å². The zero-order chi connectivity index (χ0) is 22.7. The van der Waals surface area contributed by atoms with Crippen molar-refractivity contribution in [3.05, 3.63) is 47.4 Å². The summed E-state index contributed by atoms with van der Waals surface area (Å²) in [5, 5.41) is 0. The number of rotatable bonds is 4. The number of amides is 2. The molecule has 0 spiro atoms. The molecular formula is C22H27FN6O3. The van der Waals surface area contributed by atoms with Gasteiger partial charge in [-0.1, -0.05) is 0 Å². The molecule has 0 aromatic carbocycles. The Bertz CT molecular complexity index is 995. The maximum Gasteiger partial charge on any atom is 0.267 e. The summed E-state index contributed by atoms with van der Waals surface area (Å²) in [5.74, 6) is -0.431. The van der Waals surface area contributed by atoms with Crippen LogP contribution in [-0.2, 0) is 9.53 Å². The highest BCUT2D eigenvalue weighted by atomic mass is 19.1. The highest BCUT2D eigenvalue weighted by Crippen LogP contribution is 2.31. The SMILES string of the molecule is Cc1ncc([C@@H]2CCOCCN2C(=O)C2CCN(c3cc(C(N)=O)ncn3)CC2)cc1F. The van der Waals surface area contributed by atoms with Crippen molar-refractivity contribution < 1.29 is 18.7 Å². The van der Waals surface area contributed by atoms with Gasteiger partial charge in [0.1, 0.15) is 23.7 Å². The van der Waals surface area contributed by atoms with Gasteiger partial charge < -0.3 is 20.3 Å². The second-order valence-electron chi connectivity index (χ2n) is 8.17. The number of carbonyl (C=O) groups is 2. The van der Waals surface area contributed by atoms with Gasteiger partial charge in [0.05, 0.1) is 18.3 Å². The first-order valence-corrected chi connectivity index (χ1v) is 10.8. The molecule has 10 heteroatoms. The zero-order valence-corrected chi connectivity index (χ0v) is 18.0. The molecular weight excluding hydrogens is 415 g/mol. The molecule has 0 radical (unpaired) electrons. The number of primary amides is 1. The molecule has 0 bridgehead atoms. The number of hydrogen-bond acceptors (Lipinski definition) is 7. The summed E-state index contributed by atoms with van der Waals surface area (Å²) in [6.45, 7) is 4.31. The first-order chi connectivity index (χ1) is 15.4. The van der Waals surface area contributed by atoms with Crippen molar-refractivity contribution in [2.45, 2.75) is 32.2 Å². The lowest BCUT2D eigenvalue weighted by Gasteiger charge is -2.37. The lowest BCUT2D eigenvalue weighted by molar-refractivity contribution is -0.138. The summed E-state index contributed by atoms with van der Waals surface area (Å²) in [6, 6.07) is 2.80. The summed E-state index contributed by atoms with van der Waals surface area (Å²) in [5.41, 5.74) is 6.52. The molecule has 0 saturated carbocycles. The first kappa shape index (κ1) is 22.1. The van der Waals surface area contributed by atoms with E-state index in [4.69, 9.17) is 10.5 Å². The molecule has 2 aliphatic heterocycles. The van der Waals surface area contributed by atoms with Crippen LogP contribution in [0.25, 0.3) is 0 Å². The molecule has 2 amide bonds. The number of carbonyl (C=O) groups excluding carboxylic acids is 2. The average Bonchev–Trinajstić information content (AvgIpc) is 3.07. The molecule has 1 atom stereocenters. The van der Waals surface area contributed by atoms with Gasteiger partial charge in [0, 0.05) is 44.4 Å². The van der Waals surface area contributed by atoms with Gasteiger partial charge in [0.2, 0.25) is 5.91 Å². The number of aryl methyl sites for hydroxylation is 1. The number of hydrogen-bond donors (Lipinski definition) is 1. The van der Waals surface area contributed by atoms with Crippen molar-refractivity contribution in [3.8, 4) is 0 Å². The monoisotopic (exact) mass is 442 g/mol. The predicted octanol–water partition coefficient (Wildman–Crippen LogP) is 1.62. The second kappa shape index (κ2) is 9.56. The number of piperidine rings is 1. The van der Waals surface area contributed by atoms with Gasteiger partial charge in [0.15, 0.2) is 0 Å². The van der Waals surface area contributed by atoms with E-state index < -0.39 is 5.91 Å². The molecule has 0 unspecified atom stereocenters. The van der Waals surface area contributed by atoms with Gasteiger partial charge in [-0.3, -0.25) is 14.6 Å². The fourth-order valence-electron chi connectivity index (χ4n) is 4.33. The quantitative estimate of drug-likeness (QED) is 0.765. The molecule has 2 aromatic rings. The van der Waals surface area contributed by atoms with Crippen LogP contribution in [0.3, 0.4) is 0 Å². The van der Waals surface area contributed by atoms with Crippen LogP contribution in [0.1, 0.15) is 47.1 Å². The minimum Gasteiger partial charge on any atom is -0.380 e. The van der Waals surface area contributed by atoms with Gasteiger partial charge in [-0.2, -0.15) is 0 Å². The smallest absolute Gasteiger partial charge is 0.267 e. The first-order valence-electron chi connectivity index (χ1n) is 10.8. The van der Waals surface area contributed by atoms with Gasteiger partial charge in [-0.05, 0) is 37.8 Å². The Kier molecular flexibility index (Phi) is 6.59. The van der Waals surface area contributed by atoms with E-state index in [1.165, 1.54) is 12.4 Å². The van der Waals surface area contributed by atoms with E-state index in [1.807, 2.05) is 9.80 Å². The fourth-order valence-corrected chi connectivity index (χ4v) is 4.33. The highest BCUT2D eigenvalue weighted by Gasteiger charge is 2.34. The maximum absolute atomic E-state index is 14.2. The molecule has 9 nitrogen and oxygen atoms in total. The molecule has 170 valence electrons. The third kappa shape index (κ3) is 4.69. The summed E-state index contributed by atoms with van der Waals surface area (Å²) in [4.78, 5) is 41.0. The second-order valence-corrected chi connectivity index (χ2v) is 8.17. The molecule has 2 fully saturated rings. The Hall–Kier alpha value is -3.14. The van der Waals surface area contributed by atoms with Crippen molar-refractivity contribution >= 4 is 17.6 Å². The van der Waals surface area contributed by atoms with Crippen molar-refractivity contribution in [1.82, 2.24) is 19.9 Å². The van der Waals surface area contributed by atoms with Crippen LogP contribution in [0, 0.1) is 18.7 Å². The molecule has 2 N–H and O–H groups in total. The van der Waals surface area contributed by atoms with Crippen molar-refractivity contribution in [1.29, 1.82) is 0 Å². The Morgan fingerprint density at radius 3 is 2.59 bits per heavy atom. The maximum atomic E-state index is 14.2. The fraction of sp³-hybridized carbons (Fsp3) is 0.500. The number of pyridine rings is 1. The Balaban J connectivity index is 1.46.